The van der Waals surface area contributed by atoms with Crippen LogP contribution in [0.2, 0.25) is 0 Å². The normalized spacial score (nSPS) is 19.5. The first-order valence-corrected chi connectivity index (χ1v) is 11.9. The number of rotatable bonds is 9. The van der Waals surface area contributed by atoms with E-state index in [4.69, 9.17) is 4.74 Å². The molecule has 1 aliphatic heterocycles. The molecule has 1 N–H and O–H groups in total. The summed E-state index contributed by atoms with van der Waals surface area (Å²) in [4.78, 5) is 20.1. The monoisotopic (exact) mass is 447 g/mol. The average molecular weight is 448 g/mol. The Balaban J connectivity index is 1.72. The predicted octanol–water partition coefficient (Wildman–Crippen LogP) is 5.29. The molecule has 0 spiro atoms. The van der Waals surface area contributed by atoms with Crippen molar-refractivity contribution < 1.29 is 13.9 Å². The zero-order valence-electron chi connectivity index (χ0n) is 19.0. The molecule has 0 radical (unpaired) electrons. The molecule has 1 fully saturated rings. The summed E-state index contributed by atoms with van der Waals surface area (Å²) >= 11 is 1.21. The van der Waals surface area contributed by atoms with Crippen molar-refractivity contribution >= 4 is 17.4 Å². The van der Waals surface area contributed by atoms with Crippen LogP contribution in [-0.2, 0) is 16.7 Å². The molecule has 2 aromatic heterocycles. The minimum absolute atomic E-state index is 0.0822. The lowest BCUT2D eigenvalue weighted by molar-refractivity contribution is 0.119. The third-order valence-corrected chi connectivity index (χ3v) is 7.36. The van der Waals surface area contributed by atoms with Gasteiger partial charge >= 0.3 is 6.09 Å². The van der Waals surface area contributed by atoms with Gasteiger partial charge in [-0.25, -0.2) is 4.79 Å². The van der Waals surface area contributed by atoms with Crippen molar-refractivity contribution in [1.82, 2.24) is 15.2 Å². The predicted molar refractivity (Wildman–Crippen MR) is 123 cm³/mol. The number of thiophene rings is 1. The van der Waals surface area contributed by atoms with Crippen molar-refractivity contribution in [2.24, 2.45) is 5.41 Å². The molecule has 3 rings (SSSR count). The van der Waals surface area contributed by atoms with E-state index in [1.807, 2.05) is 26.1 Å². The van der Waals surface area contributed by atoms with Crippen LogP contribution in [0.1, 0.15) is 56.2 Å². The van der Waals surface area contributed by atoms with Gasteiger partial charge in [0.25, 0.3) is 0 Å². The van der Waals surface area contributed by atoms with Crippen LogP contribution in [0.25, 0.3) is 0 Å². The molecule has 31 heavy (non-hydrogen) atoms. The van der Waals surface area contributed by atoms with E-state index in [1.165, 1.54) is 23.0 Å². The quantitative estimate of drug-likeness (QED) is 0.568. The van der Waals surface area contributed by atoms with Crippen LogP contribution in [0.15, 0.2) is 30.5 Å². The minimum atomic E-state index is -0.358. The number of carbonyl (C=O) groups excluding carboxylic acids is 1. The van der Waals surface area contributed by atoms with Gasteiger partial charge in [-0.15, -0.1) is 11.3 Å². The van der Waals surface area contributed by atoms with Crippen LogP contribution in [0.4, 0.5) is 9.18 Å². The smallest absolute Gasteiger partial charge is 0.407 e. The second-order valence-corrected chi connectivity index (χ2v) is 10.2. The summed E-state index contributed by atoms with van der Waals surface area (Å²) in [5, 5.41) is 2.84. The van der Waals surface area contributed by atoms with Crippen molar-refractivity contribution in [1.29, 1.82) is 0 Å². The molecule has 0 aromatic carbocycles. The second-order valence-electron chi connectivity index (χ2n) is 9.11. The Hall–Kier alpha value is -1.99. The highest BCUT2D eigenvalue weighted by molar-refractivity contribution is 7.10. The molecule has 0 aliphatic carbocycles. The van der Waals surface area contributed by atoms with E-state index in [9.17, 15) is 9.18 Å². The van der Waals surface area contributed by atoms with Gasteiger partial charge in [0.2, 0.25) is 0 Å². The van der Waals surface area contributed by atoms with Gasteiger partial charge in [0.05, 0.1) is 6.61 Å². The van der Waals surface area contributed by atoms with Crippen molar-refractivity contribution in [3.05, 3.63) is 51.7 Å². The van der Waals surface area contributed by atoms with Crippen LogP contribution in [0.3, 0.4) is 0 Å². The fourth-order valence-electron chi connectivity index (χ4n) is 4.24. The van der Waals surface area contributed by atoms with Crippen molar-refractivity contribution in [3.8, 4) is 0 Å². The summed E-state index contributed by atoms with van der Waals surface area (Å²) in [6.45, 7) is 11.2. The van der Waals surface area contributed by atoms with Crippen molar-refractivity contribution in [2.45, 2.75) is 58.9 Å². The van der Waals surface area contributed by atoms with E-state index in [1.54, 1.807) is 0 Å². The van der Waals surface area contributed by atoms with E-state index in [2.05, 4.69) is 41.2 Å². The fraction of sp³-hybridized carbons (Fsp3) is 0.583. The fourth-order valence-corrected chi connectivity index (χ4v) is 4.97. The number of nitrogens with zero attached hydrogens (tertiary/aromatic N) is 2. The first-order chi connectivity index (χ1) is 14.7. The van der Waals surface area contributed by atoms with Gasteiger partial charge < -0.3 is 10.1 Å². The van der Waals surface area contributed by atoms with Gasteiger partial charge in [-0.2, -0.15) is 4.39 Å². The zero-order valence-corrected chi connectivity index (χ0v) is 19.9. The standard InChI is InChI=1S/C24H34FN3O2S/c1-5-14-30-22(29)27-16-24(11-10-20-8-9-21(25)31-20)12-13-28(17-24)23(3,4)19-7-6-18(2)26-15-19/h6-9,15H,5,10-14,16-17H2,1-4H3,(H,27,29). The zero-order chi connectivity index (χ0) is 22.5. The molecule has 1 amide bonds. The number of likely N-dealkylation sites (tertiary alicyclic amines) is 1. The molecule has 1 saturated heterocycles. The largest absolute Gasteiger partial charge is 0.450 e. The van der Waals surface area contributed by atoms with Gasteiger partial charge in [0, 0.05) is 40.8 Å². The highest BCUT2D eigenvalue weighted by Crippen LogP contribution is 2.41. The molecular weight excluding hydrogens is 413 g/mol. The van der Waals surface area contributed by atoms with Crippen molar-refractivity contribution in [3.63, 3.8) is 0 Å². The molecule has 7 heteroatoms. The molecule has 5 nitrogen and oxygen atoms in total. The lowest BCUT2D eigenvalue weighted by Gasteiger charge is -2.38. The number of alkyl carbamates (subject to hydrolysis) is 1. The maximum Gasteiger partial charge on any atom is 0.407 e. The summed E-state index contributed by atoms with van der Waals surface area (Å²) in [5.41, 5.74) is 1.94. The minimum Gasteiger partial charge on any atom is -0.450 e. The average Bonchev–Trinajstić information content (AvgIpc) is 3.37. The number of pyridine rings is 1. The molecule has 2 aromatic rings. The van der Waals surface area contributed by atoms with E-state index in [0.29, 0.717) is 13.2 Å². The van der Waals surface area contributed by atoms with Crippen LogP contribution < -0.4 is 5.32 Å². The molecule has 1 aliphatic rings. The van der Waals surface area contributed by atoms with E-state index in [-0.39, 0.29) is 22.2 Å². The van der Waals surface area contributed by atoms with Gasteiger partial charge in [-0.3, -0.25) is 9.88 Å². The maximum atomic E-state index is 13.5. The summed E-state index contributed by atoms with van der Waals surface area (Å²) in [6, 6.07) is 7.60. The SMILES string of the molecule is CCCOC(=O)NCC1(CCc2ccc(F)s2)CCN(C(C)(C)c2ccc(C)nc2)C1. The number of halogens is 1. The van der Waals surface area contributed by atoms with Crippen LogP contribution in [0, 0.1) is 17.5 Å². The molecule has 0 saturated carbocycles. The van der Waals surface area contributed by atoms with Crippen LogP contribution in [-0.4, -0.2) is 42.2 Å². The van der Waals surface area contributed by atoms with E-state index in [0.717, 1.165) is 49.3 Å². The molecule has 0 bridgehead atoms. The lowest BCUT2D eigenvalue weighted by Crippen LogP contribution is -2.44. The van der Waals surface area contributed by atoms with Gasteiger partial charge in [0.15, 0.2) is 5.13 Å². The number of carbonyl (C=O) groups is 1. The number of nitrogens with one attached hydrogen (secondary N) is 1. The third-order valence-electron chi connectivity index (χ3n) is 6.42. The second kappa shape index (κ2) is 10.1. The molecule has 3 heterocycles. The van der Waals surface area contributed by atoms with Gasteiger partial charge in [0.1, 0.15) is 0 Å². The Bertz CT molecular complexity index is 868. The molecule has 1 unspecified atom stereocenters. The lowest BCUT2D eigenvalue weighted by atomic mass is 9.81. The molecule has 170 valence electrons. The first kappa shape index (κ1) is 23.7. The third kappa shape index (κ3) is 6.04. The number of amides is 1. The van der Waals surface area contributed by atoms with Gasteiger partial charge in [-0.1, -0.05) is 13.0 Å². The van der Waals surface area contributed by atoms with Crippen LogP contribution in [0.5, 0.6) is 0 Å². The van der Waals surface area contributed by atoms with Crippen molar-refractivity contribution in [2.75, 3.05) is 26.2 Å². The van der Waals surface area contributed by atoms with Gasteiger partial charge in [-0.05, 0) is 76.8 Å². The molecular formula is C24H34FN3O2S. The topological polar surface area (TPSA) is 54.5 Å². The Morgan fingerprint density at radius 2 is 2.16 bits per heavy atom. The van der Waals surface area contributed by atoms with E-state index < -0.39 is 0 Å². The maximum absolute atomic E-state index is 13.5. The van der Waals surface area contributed by atoms with Crippen LogP contribution >= 0.6 is 11.3 Å². The van der Waals surface area contributed by atoms with E-state index >= 15 is 0 Å². The Kier molecular flexibility index (Phi) is 7.70. The Morgan fingerprint density at radius 1 is 1.35 bits per heavy atom. The summed E-state index contributed by atoms with van der Waals surface area (Å²) < 4.78 is 18.7. The first-order valence-electron chi connectivity index (χ1n) is 11.1. The number of hydrogen-bond acceptors (Lipinski definition) is 5. The Morgan fingerprint density at radius 3 is 2.81 bits per heavy atom. The summed E-state index contributed by atoms with van der Waals surface area (Å²) in [7, 11) is 0. The number of aryl methyl sites for hydroxylation is 2. The highest BCUT2D eigenvalue weighted by atomic mass is 32.1. The highest BCUT2D eigenvalue weighted by Gasteiger charge is 2.43. The molecule has 1 atom stereocenters. The summed E-state index contributed by atoms with van der Waals surface area (Å²) in [5.74, 6) is 0. The summed E-state index contributed by atoms with van der Waals surface area (Å²) in [6.07, 6.45) is 5.07. The number of hydrogen-bond donors (Lipinski definition) is 1. The number of ether oxygens (including phenoxy) is 1. The number of aromatic nitrogens is 1. The Labute approximate surface area is 189 Å².